The Hall–Kier alpha value is 0.01000. The maximum Gasteiger partial charge on any atom is 0.0351 e. The molecule has 1 nitrogen and oxygen atoms in total. The number of hydrogen-bond donors (Lipinski definition) is 0. The molecule has 0 spiro atoms. The molecular weight excluding hydrogens is 212 g/mol. The minimum Gasteiger partial charge on any atom is -0.388 e. The lowest BCUT2D eigenvalue weighted by molar-refractivity contribution is 0.277. The molecule has 1 heterocycles. The molecule has 1 rings (SSSR count). The van der Waals surface area contributed by atoms with Crippen molar-refractivity contribution < 1.29 is 4.74 Å². The predicted octanol–water partition coefficient (Wildman–Crippen LogP) is 4.48. The zero-order valence-electron chi connectivity index (χ0n) is 10.5. The Balaban J connectivity index is -0.0000000549. The minimum absolute atomic E-state index is 0. The highest BCUT2D eigenvalue weighted by molar-refractivity contribution is 7.59. The van der Waals surface area contributed by atoms with Gasteiger partial charge in [0.2, 0.25) is 0 Å². The molecule has 0 atom stereocenters. The summed E-state index contributed by atoms with van der Waals surface area (Å²) in [5.74, 6) is 0. The normalized spacial score (nSPS) is 5.93. The van der Waals surface area contributed by atoms with Crippen LogP contribution < -0.4 is 0 Å². The third kappa shape index (κ3) is 29.6. The molecule has 3 heteroatoms. The molecular formula is C11H26OS2. The fourth-order valence-electron chi connectivity index (χ4n) is 0.361. The monoisotopic (exact) mass is 238 g/mol. The van der Waals surface area contributed by atoms with Crippen LogP contribution in [0.5, 0.6) is 0 Å². The van der Waals surface area contributed by atoms with Gasteiger partial charge in [-0.3, -0.25) is 0 Å². The van der Waals surface area contributed by atoms with Gasteiger partial charge in [0.05, 0.1) is 0 Å². The van der Waals surface area contributed by atoms with Crippen LogP contribution in [0.15, 0.2) is 17.5 Å². The van der Waals surface area contributed by atoms with Crippen molar-refractivity contribution >= 4 is 24.8 Å². The largest absolute Gasteiger partial charge is 0.388 e. The van der Waals surface area contributed by atoms with Gasteiger partial charge in [-0.05, 0) is 18.4 Å². The van der Waals surface area contributed by atoms with Crippen molar-refractivity contribution in [2.45, 2.75) is 34.6 Å². The Kier molecular flexibility index (Phi) is 49.4. The second-order valence-corrected chi connectivity index (χ2v) is 2.78. The van der Waals surface area contributed by atoms with Crippen LogP contribution in [0.1, 0.15) is 32.6 Å². The molecule has 0 fully saturated rings. The highest BCUT2D eigenvalue weighted by Gasteiger charge is 1.74. The molecule has 0 aromatic carbocycles. The molecule has 0 radical (unpaired) electrons. The van der Waals surface area contributed by atoms with Crippen molar-refractivity contribution in [2.24, 2.45) is 0 Å². The van der Waals surface area contributed by atoms with E-state index in [0.717, 1.165) is 0 Å². The topological polar surface area (TPSA) is 9.23 Å². The zero-order valence-corrected chi connectivity index (χ0v) is 12.4. The van der Waals surface area contributed by atoms with Crippen LogP contribution in [0.4, 0.5) is 0 Å². The van der Waals surface area contributed by atoms with Crippen molar-refractivity contribution in [3.8, 4) is 0 Å². The molecule has 1 aromatic heterocycles. The second kappa shape index (κ2) is 29.2. The average Bonchev–Trinajstić information content (AvgIpc) is 2.64. The first-order valence-corrected chi connectivity index (χ1v) is 5.59. The SMILES string of the molecule is CC.CC.COC.Cc1cccs1.S. The fourth-order valence-corrected chi connectivity index (χ4v) is 0.890. The maximum atomic E-state index is 4.25. The third-order valence-electron chi connectivity index (χ3n) is 0.663. The lowest BCUT2D eigenvalue weighted by atomic mass is 10.5. The first-order chi connectivity index (χ1) is 6.31. The van der Waals surface area contributed by atoms with Gasteiger partial charge in [-0.15, -0.1) is 11.3 Å². The molecule has 0 saturated carbocycles. The van der Waals surface area contributed by atoms with Crippen molar-refractivity contribution in [3.05, 3.63) is 22.4 Å². The Morgan fingerprint density at radius 1 is 1.07 bits per heavy atom. The van der Waals surface area contributed by atoms with E-state index in [-0.39, 0.29) is 13.5 Å². The van der Waals surface area contributed by atoms with Crippen LogP contribution in [0, 0.1) is 6.92 Å². The summed E-state index contributed by atoms with van der Waals surface area (Å²) in [6, 6.07) is 4.16. The molecule has 14 heavy (non-hydrogen) atoms. The summed E-state index contributed by atoms with van der Waals surface area (Å²) in [6.07, 6.45) is 0. The number of ether oxygens (including phenoxy) is 1. The first-order valence-electron chi connectivity index (χ1n) is 4.71. The van der Waals surface area contributed by atoms with E-state index in [2.05, 4.69) is 29.2 Å². The summed E-state index contributed by atoms with van der Waals surface area (Å²) in [5.41, 5.74) is 0. The van der Waals surface area contributed by atoms with E-state index >= 15 is 0 Å². The molecule has 0 saturated heterocycles. The van der Waals surface area contributed by atoms with Crippen molar-refractivity contribution in [3.63, 3.8) is 0 Å². The van der Waals surface area contributed by atoms with Gasteiger partial charge < -0.3 is 4.74 Å². The van der Waals surface area contributed by atoms with Crippen LogP contribution in [0.25, 0.3) is 0 Å². The van der Waals surface area contributed by atoms with Gasteiger partial charge in [0.15, 0.2) is 0 Å². The fraction of sp³-hybridized carbons (Fsp3) is 0.636. The molecule has 0 amide bonds. The van der Waals surface area contributed by atoms with Crippen LogP contribution >= 0.6 is 24.8 Å². The first kappa shape index (κ1) is 23.7. The molecule has 0 unspecified atom stereocenters. The number of methoxy groups -OCH3 is 1. The van der Waals surface area contributed by atoms with E-state index < -0.39 is 0 Å². The van der Waals surface area contributed by atoms with E-state index in [1.807, 2.05) is 27.7 Å². The van der Waals surface area contributed by atoms with Crippen LogP contribution in [0.3, 0.4) is 0 Å². The number of rotatable bonds is 0. The highest BCUT2D eigenvalue weighted by atomic mass is 32.1. The Labute approximate surface area is 101 Å². The smallest absolute Gasteiger partial charge is 0.0351 e. The highest BCUT2D eigenvalue weighted by Crippen LogP contribution is 2.03. The molecule has 0 aliphatic rings. The summed E-state index contributed by atoms with van der Waals surface area (Å²) >= 11 is 1.78. The Bertz CT molecular complexity index is 128. The summed E-state index contributed by atoms with van der Waals surface area (Å²) in [7, 11) is 3.25. The second-order valence-electron chi connectivity index (χ2n) is 1.63. The number of hydrogen-bond acceptors (Lipinski definition) is 2. The lowest BCUT2D eigenvalue weighted by Crippen LogP contribution is -1.55. The van der Waals surface area contributed by atoms with E-state index in [0.29, 0.717) is 0 Å². The molecule has 0 aliphatic carbocycles. The maximum absolute atomic E-state index is 4.25. The van der Waals surface area contributed by atoms with Crippen molar-refractivity contribution in [1.29, 1.82) is 0 Å². The number of aryl methyl sites for hydroxylation is 1. The van der Waals surface area contributed by atoms with Crippen LogP contribution in [-0.2, 0) is 4.74 Å². The van der Waals surface area contributed by atoms with E-state index in [9.17, 15) is 0 Å². The van der Waals surface area contributed by atoms with Crippen molar-refractivity contribution in [1.82, 2.24) is 0 Å². The average molecular weight is 238 g/mol. The molecule has 1 aromatic rings. The summed E-state index contributed by atoms with van der Waals surface area (Å²) < 4.78 is 4.25. The molecule has 0 N–H and O–H groups in total. The lowest BCUT2D eigenvalue weighted by Gasteiger charge is -1.65. The minimum atomic E-state index is 0. The van der Waals surface area contributed by atoms with Gasteiger partial charge in [0.1, 0.15) is 0 Å². The summed E-state index contributed by atoms with van der Waals surface area (Å²) in [4.78, 5) is 1.38. The van der Waals surface area contributed by atoms with Crippen LogP contribution in [0.2, 0.25) is 0 Å². The van der Waals surface area contributed by atoms with E-state index in [1.54, 1.807) is 25.6 Å². The van der Waals surface area contributed by atoms with Crippen molar-refractivity contribution in [2.75, 3.05) is 14.2 Å². The van der Waals surface area contributed by atoms with E-state index in [1.165, 1.54) is 4.88 Å². The van der Waals surface area contributed by atoms with Gasteiger partial charge in [-0.1, -0.05) is 33.8 Å². The van der Waals surface area contributed by atoms with Gasteiger partial charge in [-0.25, -0.2) is 0 Å². The summed E-state index contributed by atoms with van der Waals surface area (Å²) in [6.45, 7) is 10.1. The zero-order chi connectivity index (χ0) is 11.1. The van der Waals surface area contributed by atoms with Crippen LogP contribution in [-0.4, -0.2) is 14.2 Å². The third-order valence-corrected chi connectivity index (χ3v) is 1.46. The number of thiophene rings is 1. The van der Waals surface area contributed by atoms with E-state index in [4.69, 9.17) is 0 Å². The van der Waals surface area contributed by atoms with Gasteiger partial charge >= 0.3 is 0 Å². The predicted molar refractivity (Wildman–Crippen MR) is 75.1 cm³/mol. The van der Waals surface area contributed by atoms with Gasteiger partial charge in [-0.2, -0.15) is 13.5 Å². The Morgan fingerprint density at radius 3 is 1.50 bits per heavy atom. The van der Waals surface area contributed by atoms with Gasteiger partial charge in [0.25, 0.3) is 0 Å². The molecule has 88 valence electrons. The molecule has 0 bridgehead atoms. The summed E-state index contributed by atoms with van der Waals surface area (Å²) in [5, 5.41) is 2.08. The quantitative estimate of drug-likeness (QED) is 0.647. The molecule has 0 aliphatic heterocycles. The Morgan fingerprint density at radius 2 is 1.43 bits per heavy atom. The van der Waals surface area contributed by atoms with Gasteiger partial charge in [0, 0.05) is 19.1 Å². The standard InChI is InChI=1S/C5H6S.C2H6O.2C2H6.H2S/c1-5-3-2-4-6-5;1-3-2;2*1-2;/h2-4H,1H3;1-2H3;2*1-2H3;1H2.